The van der Waals surface area contributed by atoms with Crippen LogP contribution in [0.2, 0.25) is 0 Å². The topological polar surface area (TPSA) is 97.3 Å². The molecule has 0 bridgehead atoms. The molecular weight excluding hydrogens is 282 g/mol. The van der Waals surface area contributed by atoms with Crippen molar-refractivity contribution in [1.82, 2.24) is 9.88 Å². The van der Waals surface area contributed by atoms with E-state index in [1.807, 2.05) is 0 Å². The van der Waals surface area contributed by atoms with Gasteiger partial charge in [-0.25, -0.2) is 8.42 Å². The number of carbonyl (C=O) groups excluding carboxylic acids is 1. The summed E-state index contributed by atoms with van der Waals surface area (Å²) in [4.78, 5) is 23.1. The molecule has 1 aliphatic rings. The first-order chi connectivity index (χ1) is 9.35. The molecule has 2 N–H and O–H groups in total. The van der Waals surface area contributed by atoms with Gasteiger partial charge in [0.15, 0.2) is 9.84 Å². The maximum Gasteiger partial charge on any atom is 0.250 e. The highest BCUT2D eigenvalue weighted by atomic mass is 32.2. The number of aryl methyl sites for hydroxylation is 1. The summed E-state index contributed by atoms with van der Waals surface area (Å²) in [5, 5.41) is 5.67. The van der Waals surface area contributed by atoms with E-state index in [4.69, 9.17) is 0 Å². The summed E-state index contributed by atoms with van der Waals surface area (Å²) in [6.07, 6.45) is 1.60. The minimum absolute atomic E-state index is 0.0201. The molecule has 0 radical (unpaired) electrons. The molecule has 1 saturated heterocycles. The molecule has 0 saturated carbocycles. The minimum atomic E-state index is -3.05. The molecule has 7 nitrogen and oxygen atoms in total. The molecule has 0 aromatic carbocycles. The molecule has 2 heterocycles. The van der Waals surface area contributed by atoms with Crippen LogP contribution in [0, 0.1) is 0 Å². The van der Waals surface area contributed by atoms with Crippen molar-refractivity contribution in [2.45, 2.75) is 12.5 Å². The minimum Gasteiger partial charge on any atom is -0.325 e. The summed E-state index contributed by atoms with van der Waals surface area (Å²) in [5.41, 5.74) is 0.346. The zero-order valence-electron chi connectivity index (χ0n) is 11.1. The van der Waals surface area contributed by atoms with Gasteiger partial charge < -0.3 is 15.2 Å². The lowest BCUT2D eigenvalue weighted by molar-refractivity contribution is -0.116. The normalized spacial score (nSPS) is 21.4. The number of nitrogens with zero attached hydrogens (tertiary/aromatic N) is 1. The van der Waals surface area contributed by atoms with Crippen LogP contribution in [0.25, 0.3) is 0 Å². The van der Waals surface area contributed by atoms with Crippen molar-refractivity contribution in [1.29, 1.82) is 0 Å². The van der Waals surface area contributed by atoms with Crippen LogP contribution in [-0.4, -0.2) is 43.0 Å². The first-order valence-corrected chi connectivity index (χ1v) is 8.08. The van der Waals surface area contributed by atoms with Gasteiger partial charge in [0.25, 0.3) is 0 Å². The molecule has 8 heteroatoms. The Morgan fingerprint density at radius 1 is 1.50 bits per heavy atom. The Kier molecular flexibility index (Phi) is 4.24. The largest absolute Gasteiger partial charge is 0.325 e. The summed E-state index contributed by atoms with van der Waals surface area (Å²) in [7, 11) is -1.46. The number of amides is 1. The van der Waals surface area contributed by atoms with E-state index in [9.17, 15) is 18.0 Å². The van der Waals surface area contributed by atoms with Gasteiger partial charge in [-0.2, -0.15) is 0 Å². The predicted molar refractivity (Wildman–Crippen MR) is 75.4 cm³/mol. The molecule has 1 atom stereocenters. The number of carbonyl (C=O) groups is 1. The van der Waals surface area contributed by atoms with Crippen molar-refractivity contribution >= 4 is 21.4 Å². The summed E-state index contributed by atoms with van der Waals surface area (Å²) in [6, 6.07) is 2.52. The van der Waals surface area contributed by atoms with E-state index >= 15 is 0 Å². The quantitative estimate of drug-likeness (QED) is 0.754. The fourth-order valence-electron chi connectivity index (χ4n) is 2.10. The Hall–Kier alpha value is -1.67. The number of rotatable bonds is 3. The van der Waals surface area contributed by atoms with Gasteiger partial charge in [0.2, 0.25) is 11.5 Å². The highest BCUT2D eigenvalue weighted by Crippen LogP contribution is 2.08. The van der Waals surface area contributed by atoms with Crippen LogP contribution in [0.5, 0.6) is 0 Å². The molecule has 1 amide bonds. The average molecular weight is 299 g/mol. The first-order valence-electron chi connectivity index (χ1n) is 6.26. The number of nitrogens with one attached hydrogen (secondary N) is 2. The zero-order valence-corrected chi connectivity index (χ0v) is 11.9. The Labute approximate surface area is 116 Å². The van der Waals surface area contributed by atoms with Crippen molar-refractivity contribution in [3.05, 3.63) is 28.7 Å². The van der Waals surface area contributed by atoms with Gasteiger partial charge in [0.05, 0.1) is 17.2 Å². The summed E-state index contributed by atoms with van der Waals surface area (Å²) < 4.78 is 24.3. The van der Waals surface area contributed by atoms with Gasteiger partial charge in [-0.1, -0.05) is 0 Å². The Morgan fingerprint density at radius 2 is 2.25 bits per heavy atom. The number of sulfone groups is 1. The lowest BCUT2D eigenvalue weighted by Crippen LogP contribution is -2.46. The molecule has 0 aliphatic carbocycles. The summed E-state index contributed by atoms with van der Waals surface area (Å²) in [5.74, 6) is -0.183. The summed E-state index contributed by atoms with van der Waals surface area (Å²) >= 11 is 0. The lowest BCUT2D eigenvalue weighted by atomic mass is 10.2. The van der Waals surface area contributed by atoms with Crippen molar-refractivity contribution in [2.24, 2.45) is 7.05 Å². The van der Waals surface area contributed by atoms with Crippen LogP contribution < -0.4 is 16.2 Å². The Balaban J connectivity index is 1.95. The second-order valence-corrected chi connectivity index (χ2v) is 7.11. The number of hydrogen-bond donors (Lipinski definition) is 2. The molecule has 1 aliphatic heterocycles. The van der Waals surface area contributed by atoms with E-state index in [0.29, 0.717) is 12.2 Å². The zero-order chi connectivity index (χ0) is 14.8. The van der Waals surface area contributed by atoms with Gasteiger partial charge in [-0.15, -0.1) is 0 Å². The highest BCUT2D eigenvalue weighted by molar-refractivity contribution is 7.91. The highest BCUT2D eigenvalue weighted by Gasteiger charge is 2.25. The van der Waals surface area contributed by atoms with Crippen LogP contribution in [-0.2, 0) is 21.7 Å². The third kappa shape index (κ3) is 3.91. The number of aromatic nitrogens is 1. The van der Waals surface area contributed by atoms with Crippen LogP contribution in [0.15, 0.2) is 23.1 Å². The Bertz CT molecular complexity index is 666. The second-order valence-electron chi connectivity index (χ2n) is 4.88. The van der Waals surface area contributed by atoms with Gasteiger partial charge in [-0.3, -0.25) is 9.59 Å². The van der Waals surface area contributed by atoms with Crippen LogP contribution >= 0.6 is 0 Å². The van der Waals surface area contributed by atoms with Gasteiger partial charge in [0, 0.05) is 38.3 Å². The smallest absolute Gasteiger partial charge is 0.250 e. The van der Waals surface area contributed by atoms with Crippen molar-refractivity contribution in [2.75, 3.05) is 23.4 Å². The van der Waals surface area contributed by atoms with E-state index < -0.39 is 9.84 Å². The summed E-state index contributed by atoms with van der Waals surface area (Å²) in [6.45, 7) is 0.375. The van der Waals surface area contributed by atoms with Crippen molar-refractivity contribution in [3.63, 3.8) is 0 Å². The van der Waals surface area contributed by atoms with Crippen LogP contribution in [0.4, 0.5) is 5.69 Å². The van der Waals surface area contributed by atoms with Crippen LogP contribution in [0.1, 0.15) is 6.42 Å². The van der Waals surface area contributed by atoms with Crippen molar-refractivity contribution in [3.8, 4) is 0 Å². The number of hydrogen-bond acceptors (Lipinski definition) is 5. The SMILES string of the molecule is Cn1cc(NC(=O)CC2CS(=O)(=O)CCN2)ccc1=O. The van der Waals surface area contributed by atoms with E-state index in [1.54, 1.807) is 7.05 Å². The Morgan fingerprint density at radius 3 is 2.90 bits per heavy atom. The van der Waals surface area contributed by atoms with Gasteiger partial charge in [-0.05, 0) is 6.07 Å². The predicted octanol–water partition coefficient (Wildman–Crippen LogP) is -0.899. The number of pyridine rings is 1. The van der Waals surface area contributed by atoms with E-state index in [2.05, 4.69) is 10.6 Å². The molecule has 1 aromatic heterocycles. The molecule has 110 valence electrons. The molecule has 1 aromatic rings. The molecule has 20 heavy (non-hydrogen) atoms. The molecule has 1 fully saturated rings. The first kappa shape index (κ1) is 14.7. The molecule has 2 rings (SSSR count). The van der Waals surface area contributed by atoms with Crippen LogP contribution in [0.3, 0.4) is 0 Å². The lowest BCUT2D eigenvalue weighted by Gasteiger charge is -2.23. The maximum absolute atomic E-state index is 11.9. The molecular formula is C12H17N3O4S. The third-order valence-electron chi connectivity index (χ3n) is 3.10. The second kappa shape index (κ2) is 5.76. The monoisotopic (exact) mass is 299 g/mol. The fraction of sp³-hybridized carbons (Fsp3) is 0.500. The maximum atomic E-state index is 11.9. The number of anilines is 1. The van der Waals surface area contributed by atoms with E-state index in [0.717, 1.165) is 0 Å². The third-order valence-corrected chi connectivity index (χ3v) is 4.84. The van der Waals surface area contributed by atoms with E-state index in [-0.39, 0.29) is 35.4 Å². The standard InChI is InChI=1S/C12H17N3O4S/c1-15-7-9(2-3-12(15)17)14-11(16)6-10-8-20(18,19)5-4-13-10/h2-3,7,10,13H,4-6,8H2,1H3,(H,14,16). The van der Waals surface area contributed by atoms with Crippen molar-refractivity contribution < 1.29 is 13.2 Å². The molecule has 0 spiro atoms. The average Bonchev–Trinajstić information content (AvgIpc) is 2.32. The molecule has 1 unspecified atom stereocenters. The van der Waals surface area contributed by atoms with Gasteiger partial charge in [0.1, 0.15) is 0 Å². The van der Waals surface area contributed by atoms with E-state index in [1.165, 1.54) is 22.9 Å². The fourth-order valence-corrected chi connectivity index (χ4v) is 3.55. The van der Waals surface area contributed by atoms with Gasteiger partial charge >= 0.3 is 0 Å².